The highest BCUT2D eigenvalue weighted by molar-refractivity contribution is 7.89. The van der Waals surface area contributed by atoms with Crippen molar-refractivity contribution in [3.05, 3.63) is 28.8 Å². The number of rotatable bonds is 7. The molecule has 0 spiro atoms. The minimum atomic E-state index is -3.73. The zero-order valence-electron chi connectivity index (χ0n) is 11.0. The molecule has 0 fully saturated rings. The summed E-state index contributed by atoms with van der Waals surface area (Å²) in [6.45, 7) is 2.16. The molecule has 0 bridgehead atoms. The number of aliphatic hydroxyl groups is 1. The third kappa shape index (κ3) is 3.89. The number of hydrogen-bond acceptors (Lipinski definition) is 4. The number of sulfonamides is 1. The second-order valence-electron chi connectivity index (χ2n) is 4.08. The number of nitrogens with two attached hydrogens (primary N) is 1. The van der Waals surface area contributed by atoms with Crippen LogP contribution in [0.5, 0.6) is 0 Å². The number of thiocarbonyl (C=S) groups is 1. The molecule has 0 amide bonds. The van der Waals surface area contributed by atoms with Crippen LogP contribution >= 0.6 is 23.8 Å². The van der Waals surface area contributed by atoms with Crippen LogP contribution in [0, 0.1) is 0 Å². The van der Waals surface area contributed by atoms with Crippen LogP contribution in [0.1, 0.15) is 18.9 Å². The summed E-state index contributed by atoms with van der Waals surface area (Å²) < 4.78 is 26.3. The molecule has 8 heteroatoms. The van der Waals surface area contributed by atoms with Gasteiger partial charge in [0, 0.05) is 25.3 Å². The van der Waals surface area contributed by atoms with Crippen molar-refractivity contribution >= 4 is 38.8 Å². The second kappa shape index (κ2) is 7.33. The molecule has 3 N–H and O–H groups in total. The van der Waals surface area contributed by atoms with Gasteiger partial charge in [-0.25, -0.2) is 8.42 Å². The first-order chi connectivity index (χ1) is 9.34. The van der Waals surface area contributed by atoms with E-state index in [1.54, 1.807) is 13.0 Å². The summed E-state index contributed by atoms with van der Waals surface area (Å²) in [7, 11) is -3.73. The summed E-state index contributed by atoms with van der Waals surface area (Å²) in [5.41, 5.74) is 5.96. The maximum Gasteiger partial charge on any atom is 0.244 e. The summed E-state index contributed by atoms with van der Waals surface area (Å²) in [6.07, 6.45) is 0.361. The number of aliphatic hydroxyl groups excluding tert-OH is 1. The molecule has 0 aromatic heterocycles. The van der Waals surface area contributed by atoms with Crippen molar-refractivity contribution in [1.82, 2.24) is 4.31 Å². The van der Waals surface area contributed by atoms with Crippen molar-refractivity contribution < 1.29 is 13.5 Å². The Labute approximate surface area is 129 Å². The van der Waals surface area contributed by atoms with Crippen molar-refractivity contribution in [2.24, 2.45) is 5.73 Å². The first kappa shape index (κ1) is 17.3. The molecule has 1 rings (SSSR count). The average Bonchev–Trinajstić information content (AvgIpc) is 2.39. The second-order valence-corrected chi connectivity index (χ2v) is 6.84. The van der Waals surface area contributed by atoms with Gasteiger partial charge in [0.1, 0.15) is 9.88 Å². The molecule has 0 saturated carbocycles. The molecule has 112 valence electrons. The zero-order chi connectivity index (χ0) is 15.3. The smallest absolute Gasteiger partial charge is 0.244 e. The fourth-order valence-corrected chi connectivity index (χ4v) is 3.80. The first-order valence-electron chi connectivity index (χ1n) is 6.05. The van der Waals surface area contributed by atoms with Gasteiger partial charge >= 0.3 is 0 Å². The minimum Gasteiger partial charge on any atom is -0.396 e. The van der Waals surface area contributed by atoms with Gasteiger partial charge in [0.2, 0.25) is 10.0 Å². The Morgan fingerprint density at radius 3 is 2.65 bits per heavy atom. The Balaban J connectivity index is 3.26. The maximum atomic E-state index is 12.5. The number of nitrogens with zero attached hydrogens (tertiary/aromatic N) is 1. The lowest BCUT2D eigenvalue weighted by Gasteiger charge is -2.21. The molecule has 1 aromatic carbocycles. The zero-order valence-corrected chi connectivity index (χ0v) is 13.4. The van der Waals surface area contributed by atoms with Crippen LogP contribution in [0.3, 0.4) is 0 Å². The molecular weight excluding hydrogens is 320 g/mol. The van der Waals surface area contributed by atoms with Crippen molar-refractivity contribution in [2.45, 2.75) is 18.2 Å². The molecule has 5 nitrogen and oxygen atoms in total. The Bertz CT molecular complexity index is 590. The van der Waals surface area contributed by atoms with Gasteiger partial charge in [0.05, 0.1) is 5.02 Å². The Kier molecular flexibility index (Phi) is 6.35. The van der Waals surface area contributed by atoms with Gasteiger partial charge in [-0.15, -0.1) is 0 Å². The normalized spacial score (nSPS) is 11.8. The topological polar surface area (TPSA) is 83.6 Å². The number of benzene rings is 1. The van der Waals surface area contributed by atoms with E-state index in [2.05, 4.69) is 0 Å². The fraction of sp³-hybridized carbons (Fsp3) is 0.417. The SMILES string of the molecule is CCN(CCCO)S(=O)(=O)c1cc(C(N)=S)ccc1Cl. The standard InChI is InChI=1S/C12H17ClN2O3S2/c1-2-15(6-3-7-16)20(17,18)11-8-9(12(14)19)4-5-10(11)13/h4-5,8,16H,2-3,6-7H2,1H3,(H2,14,19). The molecular formula is C12H17ClN2O3S2. The van der Waals surface area contributed by atoms with Crippen molar-refractivity contribution in [3.8, 4) is 0 Å². The van der Waals surface area contributed by atoms with E-state index in [4.69, 9.17) is 34.7 Å². The van der Waals surface area contributed by atoms with Crippen LogP contribution in [0.15, 0.2) is 23.1 Å². The van der Waals surface area contributed by atoms with Gasteiger partial charge in [-0.2, -0.15) is 4.31 Å². The van der Waals surface area contributed by atoms with Gasteiger partial charge in [-0.05, 0) is 18.6 Å². The summed E-state index contributed by atoms with van der Waals surface area (Å²) in [6, 6.07) is 4.41. The van der Waals surface area contributed by atoms with Crippen LogP contribution < -0.4 is 5.73 Å². The summed E-state index contributed by atoms with van der Waals surface area (Å²) in [4.78, 5) is 0.0841. The third-order valence-corrected chi connectivity index (χ3v) is 5.44. The van der Waals surface area contributed by atoms with Crippen LogP contribution in [0.2, 0.25) is 5.02 Å². The van der Waals surface area contributed by atoms with Gasteiger partial charge in [0.25, 0.3) is 0 Å². The predicted octanol–water partition coefficient (Wildman–Crippen LogP) is 1.37. The Morgan fingerprint density at radius 1 is 1.50 bits per heavy atom. The fourth-order valence-electron chi connectivity index (χ4n) is 1.69. The van der Waals surface area contributed by atoms with Crippen molar-refractivity contribution in [3.63, 3.8) is 0 Å². The lowest BCUT2D eigenvalue weighted by molar-refractivity contribution is 0.271. The van der Waals surface area contributed by atoms with Gasteiger partial charge in [-0.1, -0.05) is 36.8 Å². The summed E-state index contributed by atoms with van der Waals surface area (Å²) >= 11 is 10.8. The number of halogens is 1. The average molecular weight is 337 g/mol. The third-order valence-electron chi connectivity index (χ3n) is 2.75. The summed E-state index contributed by atoms with van der Waals surface area (Å²) in [5.74, 6) is 0. The lowest BCUT2D eigenvalue weighted by Crippen LogP contribution is -2.32. The highest BCUT2D eigenvalue weighted by Crippen LogP contribution is 2.26. The van der Waals surface area contributed by atoms with E-state index in [9.17, 15) is 8.42 Å². The quantitative estimate of drug-likeness (QED) is 0.735. The maximum absolute atomic E-state index is 12.5. The molecule has 0 heterocycles. The molecule has 0 aliphatic carbocycles. The molecule has 0 unspecified atom stereocenters. The van der Waals surface area contributed by atoms with E-state index in [0.717, 1.165) is 0 Å². The van der Waals surface area contributed by atoms with Gasteiger partial charge < -0.3 is 10.8 Å². The Hall–Kier alpha value is -0.730. The highest BCUT2D eigenvalue weighted by atomic mass is 35.5. The lowest BCUT2D eigenvalue weighted by atomic mass is 10.2. The van der Waals surface area contributed by atoms with E-state index < -0.39 is 10.0 Å². The van der Waals surface area contributed by atoms with Crippen molar-refractivity contribution in [2.75, 3.05) is 19.7 Å². The van der Waals surface area contributed by atoms with E-state index in [1.165, 1.54) is 16.4 Å². The molecule has 20 heavy (non-hydrogen) atoms. The molecule has 0 saturated heterocycles. The van der Waals surface area contributed by atoms with Crippen LogP contribution in [0.4, 0.5) is 0 Å². The van der Waals surface area contributed by atoms with E-state index >= 15 is 0 Å². The predicted molar refractivity (Wildman–Crippen MR) is 83.5 cm³/mol. The minimum absolute atomic E-state index is 0.0238. The van der Waals surface area contributed by atoms with Crippen LogP contribution in [-0.2, 0) is 10.0 Å². The highest BCUT2D eigenvalue weighted by Gasteiger charge is 2.25. The summed E-state index contributed by atoms with van der Waals surface area (Å²) in [5, 5.41) is 8.96. The largest absolute Gasteiger partial charge is 0.396 e. The number of hydrogen-bond donors (Lipinski definition) is 2. The Morgan fingerprint density at radius 2 is 2.15 bits per heavy atom. The van der Waals surface area contributed by atoms with Crippen LogP contribution in [-0.4, -0.2) is 42.5 Å². The molecule has 0 radical (unpaired) electrons. The van der Waals surface area contributed by atoms with Gasteiger partial charge in [-0.3, -0.25) is 0 Å². The molecule has 1 aromatic rings. The van der Waals surface area contributed by atoms with Gasteiger partial charge in [0.15, 0.2) is 0 Å². The van der Waals surface area contributed by atoms with E-state index in [1.807, 2.05) is 0 Å². The molecule has 0 atom stereocenters. The van der Waals surface area contributed by atoms with E-state index in [-0.39, 0.29) is 34.6 Å². The molecule has 0 aliphatic heterocycles. The van der Waals surface area contributed by atoms with E-state index in [0.29, 0.717) is 12.0 Å². The van der Waals surface area contributed by atoms with Crippen molar-refractivity contribution in [1.29, 1.82) is 0 Å². The van der Waals surface area contributed by atoms with Crippen LogP contribution in [0.25, 0.3) is 0 Å². The molecule has 0 aliphatic rings. The first-order valence-corrected chi connectivity index (χ1v) is 8.27. The monoisotopic (exact) mass is 336 g/mol.